The monoisotopic (exact) mass is 301 g/mol. The van der Waals surface area contributed by atoms with Gasteiger partial charge >= 0.3 is 0 Å². The van der Waals surface area contributed by atoms with Crippen LogP contribution in [0.3, 0.4) is 0 Å². The maximum absolute atomic E-state index is 9.50. The molecule has 0 atom stereocenters. The number of aromatic nitrogens is 1. The van der Waals surface area contributed by atoms with Crippen molar-refractivity contribution < 1.29 is 23.7 Å². The summed E-state index contributed by atoms with van der Waals surface area (Å²) in [5.41, 5.74) is 1.84. The second-order valence-corrected chi connectivity index (χ2v) is 4.59. The SMILES string of the molecule is COc1cc(-c2nc3cc(O)ccc3o2)cc(OC)c1OC. The molecule has 6 nitrogen and oxygen atoms in total. The van der Waals surface area contributed by atoms with Crippen molar-refractivity contribution >= 4 is 11.1 Å². The first-order chi connectivity index (χ1) is 10.7. The first-order valence-electron chi connectivity index (χ1n) is 6.56. The number of rotatable bonds is 4. The highest BCUT2D eigenvalue weighted by Gasteiger charge is 2.17. The number of hydrogen-bond acceptors (Lipinski definition) is 6. The molecule has 0 bridgehead atoms. The van der Waals surface area contributed by atoms with Crippen LogP contribution in [0, 0.1) is 0 Å². The van der Waals surface area contributed by atoms with Crippen molar-refractivity contribution in [1.29, 1.82) is 0 Å². The number of oxazole rings is 1. The van der Waals surface area contributed by atoms with E-state index in [1.807, 2.05) is 0 Å². The Bertz CT molecular complexity index is 800. The Morgan fingerprint density at radius 3 is 2.23 bits per heavy atom. The van der Waals surface area contributed by atoms with E-state index in [1.54, 1.807) is 51.7 Å². The van der Waals surface area contributed by atoms with Gasteiger partial charge in [-0.15, -0.1) is 0 Å². The lowest BCUT2D eigenvalue weighted by Crippen LogP contribution is -1.95. The molecule has 0 amide bonds. The maximum atomic E-state index is 9.50. The highest BCUT2D eigenvalue weighted by molar-refractivity contribution is 5.78. The molecule has 0 aliphatic heterocycles. The Morgan fingerprint density at radius 1 is 0.955 bits per heavy atom. The summed E-state index contributed by atoms with van der Waals surface area (Å²) in [5.74, 6) is 2.07. The van der Waals surface area contributed by atoms with Gasteiger partial charge in [-0.1, -0.05) is 0 Å². The number of methoxy groups -OCH3 is 3. The summed E-state index contributed by atoms with van der Waals surface area (Å²) in [5, 5.41) is 9.50. The zero-order valence-corrected chi connectivity index (χ0v) is 12.4. The topological polar surface area (TPSA) is 74.0 Å². The van der Waals surface area contributed by atoms with Gasteiger partial charge in [0.2, 0.25) is 11.6 Å². The molecule has 1 heterocycles. The van der Waals surface area contributed by atoms with Gasteiger partial charge in [0.1, 0.15) is 11.3 Å². The van der Waals surface area contributed by atoms with Gasteiger partial charge in [-0.25, -0.2) is 4.98 Å². The van der Waals surface area contributed by atoms with E-state index < -0.39 is 0 Å². The van der Waals surface area contributed by atoms with Crippen molar-refractivity contribution in [3.63, 3.8) is 0 Å². The molecule has 1 N–H and O–H groups in total. The molecule has 0 spiro atoms. The third-order valence-corrected chi connectivity index (χ3v) is 3.28. The molecule has 0 aliphatic rings. The molecule has 3 aromatic rings. The standard InChI is InChI=1S/C16H15NO5/c1-19-13-6-9(7-14(20-2)15(13)21-3)16-17-11-8-10(18)4-5-12(11)22-16/h4-8,18H,1-3H3. The second-order valence-electron chi connectivity index (χ2n) is 4.59. The summed E-state index contributed by atoms with van der Waals surface area (Å²) in [6, 6.07) is 8.27. The Labute approximate surface area is 126 Å². The van der Waals surface area contributed by atoms with E-state index in [2.05, 4.69) is 4.98 Å². The molecule has 0 unspecified atom stereocenters. The van der Waals surface area contributed by atoms with E-state index in [0.29, 0.717) is 39.8 Å². The van der Waals surface area contributed by atoms with E-state index in [0.717, 1.165) is 0 Å². The molecular formula is C16H15NO5. The average Bonchev–Trinajstić information content (AvgIpc) is 2.96. The lowest BCUT2D eigenvalue weighted by molar-refractivity contribution is 0.324. The fourth-order valence-corrected chi connectivity index (χ4v) is 2.24. The van der Waals surface area contributed by atoms with E-state index in [9.17, 15) is 5.11 Å². The molecule has 22 heavy (non-hydrogen) atoms. The summed E-state index contributed by atoms with van der Waals surface area (Å²) < 4.78 is 21.6. The van der Waals surface area contributed by atoms with Crippen molar-refractivity contribution in [3.05, 3.63) is 30.3 Å². The van der Waals surface area contributed by atoms with Crippen molar-refractivity contribution in [1.82, 2.24) is 4.98 Å². The van der Waals surface area contributed by atoms with Gasteiger partial charge in [0.15, 0.2) is 17.1 Å². The predicted molar refractivity (Wildman–Crippen MR) is 80.8 cm³/mol. The van der Waals surface area contributed by atoms with Crippen LogP contribution in [-0.4, -0.2) is 31.4 Å². The highest BCUT2D eigenvalue weighted by Crippen LogP contribution is 2.41. The average molecular weight is 301 g/mol. The number of benzene rings is 2. The number of nitrogens with zero attached hydrogens (tertiary/aromatic N) is 1. The maximum Gasteiger partial charge on any atom is 0.227 e. The Morgan fingerprint density at radius 2 is 1.64 bits per heavy atom. The van der Waals surface area contributed by atoms with E-state index in [-0.39, 0.29) is 5.75 Å². The lowest BCUT2D eigenvalue weighted by atomic mass is 10.2. The third-order valence-electron chi connectivity index (χ3n) is 3.28. The molecule has 0 saturated heterocycles. The Kier molecular flexibility index (Phi) is 3.50. The smallest absolute Gasteiger partial charge is 0.227 e. The van der Waals surface area contributed by atoms with Crippen LogP contribution in [0.2, 0.25) is 0 Å². The Balaban J connectivity index is 2.17. The van der Waals surface area contributed by atoms with Gasteiger partial charge in [0.25, 0.3) is 0 Å². The summed E-state index contributed by atoms with van der Waals surface area (Å²) >= 11 is 0. The highest BCUT2D eigenvalue weighted by atomic mass is 16.5. The van der Waals surface area contributed by atoms with Crippen molar-refractivity contribution in [3.8, 4) is 34.5 Å². The zero-order valence-electron chi connectivity index (χ0n) is 12.4. The fourth-order valence-electron chi connectivity index (χ4n) is 2.24. The van der Waals surface area contributed by atoms with Gasteiger partial charge < -0.3 is 23.7 Å². The molecule has 114 valence electrons. The molecular weight excluding hydrogens is 286 g/mol. The summed E-state index contributed by atoms with van der Waals surface area (Å²) in [7, 11) is 4.64. The molecule has 0 aliphatic carbocycles. The lowest BCUT2D eigenvalue weighted by Gasteiger charge is -2.12. The van der Waals surface area contributed by atoms with Crippen molar-refractivity contribution in [2.75, 3.05) is 21.3 Å². The molecule has 2 aromatic carbocycles. The number of fused-ring (bicyclic) bond motifs is 1. The van der Waals surface area contributed by atoms with Crippen LogP contribution in [0.25, 0.3) is 22.6 Å². The third kappa shape index (κ3) is 2.28. The minimum atomic E-state index is 0.136. The van der Waals surface area contributed by atoms with Gasteiger partial charge in [0, 0.05) is 11.6 Å². The number of hydrogen-bond donors (Lipinski definition) is 1. The van der Waals surface area contributed by atoms with E-state index in [4.69, 9.17) is 18.6 Å². The van der Waals surface area contributed by atoms with Crippen LogP contribution in [0.5, 0.6) is 23.0 Å². The quantitative estimate of drug-likeness (QED) is 0.797. The van der Waals surface area contributed by atoms with Crippen LogP contribution in [0.4, 0.5) is 0 Å². The van der Waals surface area contributed by atoms with Gasteiger partial charge in [-0.05, 0) is 24.3 Å². The molecule has 0 fully saturated rings. The molecule has 3 rings (SSSR count). The van der Waals surface area contributed by atoms with Crippen LogP contribution >= 0.6 is 0 Å². The number of aromatic hydroxyl groups is 1. The van der Waals surface area contributed by atoms with Crippen LogP contribution in [0.1, 0.15) is 0 Å². The second kappa shape index (κ2) is 5.48. The van der Waals surface area contributed by atoms with Crippen molar-refractivity contribution in [2.45, 2.75) is 0 Å². The number of phenolic OH excluding ortho intramolecular Hbond substituents is 1. The molecule has 0 radical (unpaired) electrons. The summed E-state index contributed by atoms with van der Waals surface area (Å²) in [6.07, 6.45) is 0. The van der Waals surface area contributed by atoms with Crippen LogP contribution in [0.15, 0.2) is 34.7 Å². The first-order valence-corrected chi connectivity index (χ1v) is 6.56. The van der Waals surface area contributed by atoms with Gasteiger partial charge in [-0.2, -0.15) is 0 Å². The number of phenols is 1. The normalized spacial score (nSPS) is 10.7. The summed E-state index contributed by atoms with van der Waals surface area (Å²) in [6.45, 7) is 0. The molecule has 6 heteroatoms. The first kappa shape index (κ1) is 14.1. The zero-order chi connectivity index (χ0) is 15.7. The Hall–Kier alpha value is -2.89. The molecule has 0 saturated carbocycles. The predicted octanol–water partition coefficient (Wildman–Crippen LogP) is 3.23. The summed E-state index contributed by atoms with van der Waals surface area (Å²) in [4.78, 5) is 4.37. The minimum Gasteiger partial charge on any atom is -0.508 e. The number of ether oxygens (including phenoxy) is 3. The van der Waals surface area contributed by atoms with Crippen molar-refractivity contribution in [2.24, 2.45) is 0 Å². The van der Waals surface area contributed by atoms with E-state index in [1.165, 1.54) is 0 Å². The largest absolute Gasteiger partial charge is 0.508 e. The fraction of sp³-hybridized carbons (Fsp3) is 0.188. The van der Waals surface area contributed by atoms with Gasteiger partial charge in [-0.3, -0.25) is 0 Å². The van der Waals surface area contributed by atoms with Gasteiger partial charge in [0.05, 0.1) is 21.3 Å². The molecule has 1 aromatic heterocycles. The van der Waals surface area contributed by atoms with Crippen LogP contribution in [-0.2, 0) is 0 Å². The van der Waals surface area contributed by atoms with E-state index >= 15 is 0 Å². The van der Waals surface area contributed by atoms with Crippen LogP contribution < -0.4 is 14.2 Å². The minimum absolute atomic E-state index is 0.136.